The zero-order valence-corrected chi connectivity index (χ0v) is 7.62. The van der Waals surface area contributed by atoms with Gasteiger partial charge < -0.3 is 0 Å². The molecular weight excluding hydrogens is 146 g/mol. The van der Waals surface area contributed by atoms with Crippen molar-refractivity contribution in [1.29, 1.82) is 0 Å². The van der Waals surface area contributed by atoms with Crippen LogP contribution in [0.1, 0.15) is 19.7 Å². The minimum absolute atomic E-state index is 0.808. The minimum Gasteiger partial charge on any atom is -0.262 e. The molecule has 0 amide bonds. The van der Waals surface area contributed by atoms with Crippen LogP contribution in [-0.2, 0) is 0 Å². The van der Waals surface area contributed by atoms with Crippen molar-refractivity contribution in [2.75, 3.05) is 6.26 Å². The summed E-state index contributed by atoms with van der Waals surface area (Å²) >= 11 is 1.54. The smallest absolute Gasteiger partial charge is 0.208 e. The zero-order chi connectivity index (χ0) is 7.98. The van der Waals surface area contributed by atoms with Gasteiger partial charge >= 0.3 is 0 Å². The monoisotopic (exact) mass is 159 g/mol. The summed E-state index contributed by atoms with van der Waals surface area (Å²) in [5.41, 5.74) is 0. The summed E-state index contributed by atoms with van der Waals surface area (Å²) < 4.78 is 0. The van der Waals surface area contributed by atoms with Gasteiger partial charge in [0.1, 0.15) is 5.82 Å². The number of hydrogen-bond donors (Lipinski definition) is 1. The van der Waals surface area contributed by atoms with Crippen molar-refractivity contribution in [3.05, 3.63) is 5.82 Å². The van der Waals surface area contributed by atoms with Crippen LogP contribution in [0.2, 0.25) is 0 Å². The Balaban J connectivity index is 0.000000371. The number of rotatable bonds is 1. The molecule has 0 saturated heterocycles. The van der Waals surface area contributed by atoms with Crippen LogP contribution < -0.4 is 0 Å². The molecule has 10 heavy (non-hydrogen) atoms. The highest BCUT2D eigenvalue weighted by atomic mass is 32.2. The summed E-state index contributed by atoms with van der Waals surface area (Å²) in [6, 6.07) is 0. The van der Waals surface area contributed by atoms with E-state index in [0.717, 1.165) is 11.0 Å². The van der Waals surface area contributed by atoms with Crippen molar-refractivity contribution >= 4 is 11.8 Å². The second-order valence-electron chi connectivity index (χ2n) is 1.41. The van der Waals surface area contributed by atoms with E-state index in [1.807, 2.05) is 27.0 Å². The van der Waals surface area contributed by atoms with Crippen LogP contribution in [0.5, 0.6) is 0 Å². The molecule has 4 heteroatoms. The van der Waals surface area contributed by atoms with Gasteiger partial charge in [-0.15, -0.1) is 5.10 Å². The van der Waals surface area contributed by atoms with E-state index < -0.39 is 0 Å². The Labute approximate surface area is 65.6 Å². The molecule has 0 spiro atoms. The molecule has 0 radical (unpaired) electrons. The molecule has 0 saturated carbocycles. The zero-order valence-electron chi connectivity index (χ0n) is 6.80. The number of aromatic nitrogens is 3. The molecule has 0 aliphatic carbocycles. The fourth-order valence-corrected chi connectivity index (χ4v) is 0.779. The number of aromatic amines is 1. The summed E-state index contributed by atoms with van der Waals surface area (Å²) in [5, 5.41) is 7.41. The second-order valence-corrected chi connectivity index (χ2v) is 2.18. The third kappa shape index (κ3) is 2.87. The van der Waals surface area contributed by atoms with Gasteiger partial charge in [0.05, 0.1) is 0 Å². The van der Waals surface area contributed by atoms with Crippen LogP contribution in [0.4, 0.5) is 0 Å². The standard InChI is InChI=1S/C4H7N3S.C2H6/c1-3-5-4(8-2)7-6-3;1-2/h1-2H3,(H,5,6,7);1-2H3. The summed E-state index contributed by atoms with van der Waals surface area (Å²) in [5.74, 6) is 0.870. The van der Waals surface area contributed by atoms with Crippen molar-refractivity contribution in [1.82, 2.24) is 15.2 Å². The molecule has 58 valence electrons. The number of nitrogens with one attached hydrogen (secondary N) is 1. The van der Waals surface area contributed by atoms with E-state index in [-0.39, 0.29) is 0 Å². The van der Waals surface area contributed by atoms with Crippen LogP contribution in [0.25, 0.3) is 0 Å². The van der Waals surface area contributed by atoms with Gasteiger partial charge in [-0.2, -0.15) is 0 Å². The van der Waals surface area contributed by atoms with Gasteiger partial charge in [0.2, 0.25) is 5.16 Å². The molecule has 1 rings (SSSR count). The van der Waals surface area contributed by atoms with E-state index in [0.29, 0.717) is 0 Å². The Morgan fingerprint density at radius 2 is 2.00 bits per heavy atom. The van der Waals surface area contributed by atoms with Crippen LogP contribution in [0.15, 0.2) is 5.16 Å². The van der Waals surface area contributed by atoms with E-state index >= 15 is 0 Å². The van der Waals surface area contributed by atoms with Gasteiger partial charge in [-0.05, 0) is 13.2 Å². The predicted octanol–water partition coefficient (Wildman–Crippen LogP) is 1.86. The van der Waals surface area contributed by atoms with Crippen LogP contribution >= 0.6 is 11.8 Å². The van der Waals surface area contributed by atoms with Gasteiger partial charge in [-0.25, -0.2) is 4.98 Å². The number of thioether (sulfide) groups is 1. The maximum Gasteiger partial charge on any atom is 0.208 e. The first-order valence-corrected chi connectivity index (χ1v) is 4.48. The fraction of sp³-hybridized carbons (Fsp3) is 0.667. The van der Waals surface area contributed by atoms with Crippen LogP contribution in [-0.4, -0.2) is 21.4 Å². The largest absolute Gasteiger partial charge is 0.262 e. The molecule has 0 unspecified atom stereocenters. The maximum absolute atomic E-state index is 4.03. The Morgan fingerprint density at radius 1 is 1.40 bits per heavy atom. The molecule has 0 atom stereocenters. The molecule has 0 bridgehead atoms. The molecule has 1 aromatic rings. The van der Waals surface area contributed by atoms with E-state index in [1.54, 1.807) is 0 Å². The summed E-state index contributed by atoms with van der Waals surface area (Å²) in [6.07, 6.45) is 1.95. The molecule has 0 aliphatic rings. The van der Waals surface area contributed by atoms with E-state index in [2.05, 4.69) is 15.2 Å². The molecule has 0 aromatic carbocycles. The number of hydrogen-bond acceptors (Lipinski definition) is 3. The Bertz CT molecular complexity index is 173. The van der Waals surface area contributed by atoms with Gasteiger partial charge in [0.15, 0.2) is 0 Å². The van der Waals surface area contributed by atoms with Gasteiger partial charge in [-0.3, -0.25) is 5.10 Å². The van der Waals surface area contributed by atoms with E-state index in [1.165, 1.54) is 11.8 Å². The minimum atomic E-state index is 0.808. The lowest BCUT2D eigenvalue weighted by Gasteiger charge is -1.76. The highest BCUT2D eigenvalue weighted by molar-refractivity contribution is 7.98. The Hall–Kier alpha value is -0.510. The lowest BCUT2D eigenvalue weighted by Crippen LogP contribution is -1.69. The highest BCUT2D eigenvalue weighted by Gasteiger charge is 1.92. The van der Waals surface area contributed by atoms with Gasteiger partial charge in [0, 0.05) is 0 Å². The topological polar surface area (TPSA) is 41.6 Å². The first-order valence-electron chi connectivity index (χ1n) is 3.26. The van der Waals surface area contributed by atoms with Crippen molar-refractivity contribution < 1.29 is 0 Å². The third-order valence-electron chi connectivity index (χ3n) is 0.759. The van der Waals surface area contributed by atoms with Crippen molar-refractivity contribution in [2.24, 2.45) is 0 Å². The molecule has 0 aliphatic heterocycles. The normalized spacial score (nSPS) is 8.40. The summed E-state index contributed by atoms with van der Waals surface area (Å²) in [7, 11) is 0. The second kappa shape index (κ2) is 5.29. The molecular formula is C6H13N3S. The van der Waals surface area contributed by atoms with E-state index in [9.17, 15) is 0 Å². The van der Waals surface area contributed by atoms with Crippen molar-refractivity contribution in [3.8, 4) is 0 Å². The first-order chi connectivity index (χ1) is 4.83. The lowest BCUT2D eigenvalue weighted by molar-refractivity contribution is 0.972. The predicted molar refractivity (Wildman–Crippen MR) is 44.2 cm³/mol. The van der Waals surface area contributed by atoms with Crippen LogP contribution in [0.3, 0.4) is 0 Å². The maximum atomic E-state index is 4.03. The Kier molecular flexibility index (Phi) is 5.02. The number of nitrogens with zero attached hydrogens (tertiary/aromatic N) is 2. The van der Waals surface area contributed by atoms with Crippen molar-refractivity contribution in [2.45, 2.75) is 25.9 Å². The molecule has 1 aromatic heterocycles. The SMILES string of the molecule is CC.CSc1n[nH]c(C)n1. The third-order valence-corrected chi connectivity index (χ3v) is 1.31. The van der Waals surface area contributed by atoms with Gasteiger partial charge in [-0.1, -0.05) is 25.6 Å². The summed E-state index contributed by atoms with van der Waals surface area (Å²) in [4.78, 5) is 4.03. The fourth-order valence-electron chi connectivity index (χ4n) is 0.413. The average Bonchev–Trinajstić information content (AvgIpc) is 2.40. The molecule has 1 heterocycles. The summed E-state index contributed by atoms with van der Waals surface area (Å²) in [6.45, 7) is 5.88. The molecule has 0 fully saturated rings. The number of H-pyrrole nitrogens is 1. The number of aryl methyl sites for hydroxylation is 1. The highest BCUT2D eigenvalue weighted by Crippen LogP contribution is 2.04. The Morgan fingerprint density at radius 3 is 2.20 bits per heavy atom. The van der Waals surface area contributed by atoms with E-state index in [4.69, 9.17) is 0 Å². The van der Waals surface area contributed by atoms with Crippen LogP contribution in [0, 0.1) is 6.92 Å². The first kappa shape index (κ1) is 9.49. The lowest BCUT2D eigenvalue weighted by atomic mass is 10.8. The molecule has 1 N–H and O–H groups in total. The quantitative estimate of drug-likeness (QED) is 0.636. The van der Waals surface area contributed by atoms with Gasteiger partial charge in [0.25, 0.3) is 0 Å². The average molecular weight is 159 g/mol. The van der Waals surface area contributed by atoms with Crippen molar-refractivity contribution in [3.63, 3.8) is 0 Å². The molecule has 3 nitrogen and oxygen atoms in total.